The van der Waals surface area contributed by atoms with Crippen LogP contribution in [0.3, 0.4) is 0 Å². The van der Waals surface area contributed by atoms with Gasteiger partial charge in [-0.05, 0) is 26.5 Å². The molecule has 1 aromatic heterocycles. The molecule has 6 heteroatoms. The van der Waals surface area contributed by atoms with Crippen LogP contribution >= 0.6 is 22.9 Å². The lowest BCUT2D eigenvalue weighted by atomic mass is 10.2. The van der Waals surface area contributed by atoms with Crippen LogP contribution < -0.4 is 5.32 Å². The summed E-state index contributed by atoms with van der Waals surface area (Å²) in [5, 5.41) is 4.36. The van der Waals surface area contributed by atoms with Crippen molar-refractivity contribution in [1.29, 1.82) is 0 Å². The van der Waals surface area contributed by atoms with Gasteiger partial charge in [-0.2, -0.15) is 0 Å². The Bertz CT molecular complexity index is 657. The lowest BCUT2D eigenvalue weighted by Crippen LogP contribution is -2.38. The maximum Gasteiger partial charge on any atom is 0.263 e. The predicted octanol–water partition coefficient (Wildman–Crippen LogP) is 3.92. The van der Waals surface area contributed by atoms with Gasteiger partial charge in [0.15, 0.2) is 0 Å². The molecule has 0 saturated heterocycles. The Morgan fingerprint density at radius 1 is 1.39 bits per heavy atom. The second kappa shape index (κ2) is 8.43. The standard InChI is InChI=1S/C17H22ClN3OS/c1-4-21(12(2)3)10-9-19-16(22)15-11-20-17(23-15)13-7-5-6-8-14(13)18/h5-8,11-12H,4,9-10H2,1-3H3,(H,19,22). The summed E-state index contributed by atoms with van der Waals surface area (Å²) in [6.07, 6.45) is 1.61. The van der Waals surface area contributed by atoms with E-state index in [1.807, 2.05) is 24.3 Å². The number of benzene rings is 1. The summed E-state index contributed by atoms with van der Waals surface area (Å²) < 4.78 is 0. The molecule has 0 atom stereocenters. The monoisotopic (exact) mass is 351 g/mol. The van der Waals surface area contributed by atoms with Gasteiger partial charge in [-0.1, -0.05) is 36.7 Å². The highest BCUT2D eigenvalue weighted by Gasteiger charge is 2.14. The van der Waals surface area contributed by atoms with Crippen molar-refractivity contribution < 1.29 is 4.79 Å². The van der Waals surface area contributed by atoms with E-state index in [4.69, 9.17) is 11.6 Å². The van der Waals surface area contributed by atoms with Crippen molar-refractivity contribution in [2.24, 2.45) is 0 Å². The summed E-state index contributed by atoms with van der Waals surface area (Å²) in [5.74, 6) is -0.0828. The van der Waals surface area contributed by atoms with Gasteiger partial charge in [0.05, 0.1) is 11.2 Å². The third kappa shape index (κ3) is 4.77. The number of hydrogen-bond acceptors (Lipinski definition) is 4. The van der Waals surface area contributed by atoms with Gasteiger partial charge in [0.25, 0.3) is 5.91 Å². The number of carbonyl (C=O) groups excluding carboxylic acids is 1. The Morgan fingerprint density at radius 3 is 2.78 bits per heavy atom. The van der Waals surface area contributed by atoms with Gasteiger partial charge in [-0.25, -0.2) is 4.98 Å². The topological polar surface area (TPSA) is 45.2 Å². The fourth-order valence-corrected chi connectivity index (χ4v) is 3.47. The van der Waals surface area contributed by atoms with Crippen molar-refractivity contribution in [3.63, 3.8) is 0 Å². The molecule has 0 aliphatic rings. The average Bonchev–Trinajstić information content (AvgIpc) is 3.01. The van der Waals surface area contributed by atoms with Crippen LogP contribution in [-0.4, -0.2) is 41.5 Å². The maximum atomic E-state index is 12.2. The van der Waals surface area contributed by atoms with Crippen LogP contribution in [0.2, 0.25) is 5.02 Å². The summed E-state index contributed by atoms with van der Waals surface area (Å²) in [4.78, 5) is 19.5. The molecule has 124 valence electrons. The van der Waals surface area contributed by atoms with E-state index in [0.717, 1.165) is 23.7 Å². The van der Waals surface area contributed by atoms with Crippen molar-refractivity contribution in [3.05, 3.63) is 40.4 Å². The zero-order valence-corrected chi connectivity index (χ0v) is 15.2. The average molecular weight is 352 g/mol. The number of nitrogens with one attached hydrogen (secondary N) is 1. The molecule has 0 spiro atoms. The van der Waals surface area contributed by atoms with Gasteiger partial charge in [0.1, 0.15) is 9.88 Å². The van der Waals surface area contributed by atoms with Crippen molar-refractivity contribution in [3.8, 4) is 10.6 Å². The molecular formula is C17H22ClN3OS. The van der Waals surface area contributed by atoms with Crippen LogP contribution in [0, 0.1) is 0 Å². The van der Waals surface area contributed by atoms with Crippen LogP contribution in [-0.2, 0) is 0 Å². The molecular weight excluding hydrogens is 330 g/mol. The third-order valence-electron chi connectivity index (χ3n) is 3.65. The SMILES string of the molecule is CCN(CCNC(=O)c1cnc(-c2ccccc2Cl)s1)C(C)C. The molecule has 4 nitrogen and oxygen atoms in total. The molecule has 0 aliphatic carbocycles. The summed E-state index contributed by atoms with van der Waals surface area (Å²) in [6, 6.07) is 8.00. The molecule has 23 heavy (non-hydrogen) atoms. The highest BCUT2D eigenvalue weighted by Crippen LogP contribution is 2.30. The number of carbonyl (C=O) groups is 1. The second-order valence-electron chi connectivity index (χ2n) is 5.49. The van der Waals surface area contributed by atoms with Gasteiger partial charge < -0.3 is 5.32 Å². The molecule has 0 saturated carbocycles. The van der Waals surface area contributed by atoms with E-state index >= 15 is 0 Å². The van der Waals surface area contributed by atoms with Crippen molar-refractivity contribution >= 4 is 28.8 Å². The summed E-state index contributed by atoms with van der Waals surface area (Å²) >= 11 is 7.53. The molecule has 0 unspecified atom stereocenters. The number of hydrogen-bond donors (Lipinski definition) is 1. The van der Waals surface area contributed by atoms with Gasteiger partial charge in [0, 0.05) is 24.7 Å². The molecule has 1 aromatic carbocycles. The van der Waals surface area contributed by atoms with E-state index < -0.39 is 0 Å². The van der Waals surface area contributed by atoms with Crippen LogP contribution in [0.25, 0.3) is 10.6 Å². The molecule has 1 amide bonds. The Kier molecular flexibility index (Phi) is 6.57. The second-order valence-corrected chi connectivity index (χ2v) is 6.93. The molecule has 0 fully saturated rings. The predicted molar refractivity (Wildman–Crippen MR) is 97.3 cm³/mol. The zero-order chi connectivity index (χ0) is 16.8. The Balaban J connectivity index is 1.95. The number of nitrogens with zero attached hydrogens (tertiary/aromatic N) is 2. The lowest BCUT2D eigenvalue weighted by molar-refractivity contribution is 0.0949. The molecule has 1 N–H and O–H groups in total. The number of rotatable bonds is 7. The molecule has 0 aliphatic heterocycles. The molecule has 2 rings (SSSR count). The molecule has 2 aromatic rings. The van der Waals surface area contributed by atoms with Crippen LogP contribution in [0.4, 0.5) is 0 Å². The Labute approximate surface area is 146 Å². The highest BCUT2D eigenvalue weighted by molar-refractivity contribution is 7.17. The Hall–Kier alpha value is -1.43. The van der Waals surface area contributed by atoms with Crippen molar-refractivity contribution in [2.75, 3.05) is 19.6 Å². The third-order valence-corrected chi connectivity index (χ3v) is 5.01. The molecule has 0 bridgehead atoms. The van der Waals surface area contributed by atoms with Crippen LogP contribution in [0.1, 0.15) is 30.4 Å². The first-order valence-electron chi connectivity index (χ1n) is 7.76. The molecule has 1 heterocycles. The van der Waals surface area contributed by atoms with Crippen molar-refractivity contribution in [2.45, 2.75) is 26.8 Å². The number of thiazole rings is 1. The lowest BCUT2D eigenvalue weighted by Gasteiger charge is -2.24. The maximum absolute atomic E-state index is 12.2. The van der Waals surface area contributed by atoms with Crippen molar-refractivity contribution in [1.82, 2.24) is 15.2 Å². The summed E-state index contributed by atoms with van der Waals surface area (Å²) in [7, 11) is 0. The molecule has 0 radical (unpaired) electrons. The summed E-state index contributed by atoms with van der Waals surface area (Å²) in [5.41, 5.74) is 0.857. The van der Waals surface area contributed by atoms with E-state index in [1.54, 1.807) is 6.20 Å². The fourth-order valence-electron chi connectivity index (χ4n) is 2.32. The number of aromatic nitrogens is 1. The van der Waals surface area contributed by atoms with Gasteiger partial charge in [0.2, 0.25) is 0 Å². The highest BCUT2D eigenvalue weighted by atomic mass is 35.5. The van der Waals surface area contributed by atoms with E-state index in [1.165, 1.54) is 11.3 Å². The number of amides is 1. The van der Waals surface area contributed by atoms with E-state index in [-0.39, 0.29) is 5.91 Å². The van der Waals surface area contributed by atoms with Gasteiger partial charge in [-0.15, -0.1) is 11.3 Å². The Morgan fingerprint density at radius 2 is 2.13 bits per heavy atom. The fraction of sp³-hybridized carbons (Fsp3) is 0.412. The first-order valence-corrected chi connectivity index (χ1v) is 8.95. The minimum Gasteiger partial charge on any atom is -0.350 e. The van der Waals surface area contributed by atoms with E-state index in [0.29, 0.717) is 22.5 Å². The summed E-state index contributed by atoms with van der Waals surface area (Å²) in [6.45, 7) is 8.89. The number of likely N-dealkylation sites (N-methyl/N-ethyl adjacent to an activating group) is 1. The first-order chi connectivity index (χ1) is 11.0. The first kappa shape index (κ1) is 17.9. The quantitative estimate of drug-likeness (QED) is 0.822. The zero-order valence-electron chi connectivity index (χ0n) is 13.7. The van der Waals surface area contributed by atoms with E-state index in [9.17, 15) is 4.79 Å². The van der Waals surface area contributed by atoms with Gasteiger partial charge in [-0.3, -0.25) is 9.69 Å². The van der Waals surface area contributed by atoms with E-state index in [2.05, 4.69) is 36.0 Å². The minimum absolute atomic E-state index is 0.0828. The van der Waals surface area contributed by atoms with Crippen LogP contribution in [0.5, 0.6) is 0 Å². The van der Waals surface area contributed by atoms with Crippen LogP contribution in [0.15, 0.2) is 30.5 Å². The number of halogens is 1. The normalized spacial score (nSPS) is 11.2. The van der Waals surface area contributed by atoms with Gasteiger partial charge >= 0.3 is 0 Å². The minimum atomic E-state index is -0.0828. The largest absolute Gasteiger partial charge is 0.350 e. The smallest absolute Gasteiger partial charge is 0.263 e.